The fourth-order valence-corrected chi connectivity index (χ4v) is 6.72. The van der Waals surface area contributed by atoms with Crippen molar-refractivity contribution in [3.05, 3.63) is 56.4 Å². The zero-order chi connectivity index (χ0) is 52.4. The number of amides is 1. The number of aliphatic hydroxyl groups is 5. The van der Waals surface area contributed by atoms with Crippen molar-refractivity contribution in [3.63, 3.8) is 0 Å². The van der Waals surface area contributed by atoms with Crippen LogP contribution in [0.3, 0.4) is 0 Å². The van der Waals surface area contributed by atoms with Gasteiger partial charge < -0.3 is 40.3 Å². The first-order chi connectivity index (χ1) is 31.4. The average molecular weight is 1040 g/mol. The van der Waals surface area contributed by atoms with Gasteiger partial charge in [0.1, 0.15) is 48.1 Å². The van der Waals surface area contributed by atoms with Gasteiger partial charge in [0.25, 0.3) is 5.56 Å². The van der Waals surface area contributed by atoms with Crippen molar-refractivity contribution in [2.75, 3.05) is 6.61 Å². The highest BCUT2D eigenvalue weighted by molar-refractivity contribution is 5.75. The largest absolute Gasteiger partial charge is 0.460 e. The molecule has 0 spiro atoms. The van der Waals surface area contributed by atoms with Gasteiger partial charge in [-0.3, -0.25) is 18.7 Å². The number of aromatic nitrogens is 8. The minimum absolute atomic E-state index is 0.0256. The Balaban J connectivity index is 1.19. The van der Waals surface area contributed by atoms with Gasteiger partial charge in [0.15, 0.2) is 6.23 Å². The molecule has 2 aliphatic heterocycles. The van der Waals surface area contributed by atoms with Crippen LogP contribution in [0, 0.1) is 6.92 Å². The molecule has 3 aromatic heterocycles. The lowest BCUT2D eigenvalue weighted by molar-refractivity contribution is -0.461. The number of hydrogen-bond acceptors (Lipinski definition) is 14. The van der Waals surface area contributed by atoms with Crippen molar-refractivity contribution < 1.29 is 114 Å². The van der Waals surface area contributed by atoms with Crippen LogP contribution in [0.5, 0.6) is 0 Å². The maximum absolute atomic E-state index is 14.3. The standard InChI is InChI=1S/C33H34F17N9O10/c1-12-6-57(25(67)58(23(12)66)8-14-9-59(55-53-14)24-22(65)21(64)20(63)17(11-60)69-24)19-4-15(61)16(68-19)10-56-7-13(52-54-56)5-51-18(62)2-3-26(34,35)27(36,37)28(38,39)29(40,41)30(42,43)31(44,45)32(46,47)33(48,49)50/h6-7,9,15-17,19-22,24,60-61,63-65H,2-5,8,10-11H2,1H3,(H,51,62)/t15-,16+,17+,19+,20+,21-,22+,24+/m0/s1. The Kier molecular flexibility index (Phi) is 14.8. The number of hydrogen-bond donors (Lipinski definition) is 6. The summed E-state index contributed by atoms with van der Waals surface area (Å²) in [5.41, 5.74) is -2.23. The Morgan fingerprint density at radius 3 is 1.87 bits per heavy atom. The van der Waals surface area contributed by atoms with E-state index in [0.29, 0.717) is 4.57 Å². The van der Waals surface area contributed by atoms with Crippen molar-refractivity contribution in [2.24, 2.45) is 0 Å². The van der Waals surface area contributed by atoms with Crippen LogP contribution in [0.1, 0.15) is 48.7 Å². The molecule has 390 valence electrons. The molecule has 1 amide bonds. The molecule has 0 bridgehead atoms. The Hall–Kier alpha value is -5.04. The molecular formula is C33H34F17N9O10. The number of carbonyl (C=O) groups is 1. The number of nitrogens with one attached hydrogen (secondary N) is 1. The average Bonchev–Trinajstić information content (AvgIpc) is 4.01. The fraction of sp³-hybridized carbons (Fsp3) is 0.727. The van der Waals surface area contributed by atoms with Gasteiger partial charge in [0, 0.05) is 31.0 Å². The molecule has 8 atom stereocenters. The lowest BCUT2D eigenvalue weighted by atomic mass is 9.88. The van der Waals surface area contributed by atoms with E-state index in [1.165, 1.54) is 6.92 Å². The molecule has 69 heavy (non-hydrogen) atoms. The first kappa shape index (κ1) is 54.9. The van der Waals surface area contributed by atoms with Crippen LogP contribution >= 0.6 is 0 Å². The predicted octanol–water partition coefficient (Wildman–Crippen LogP) is 1.28. The Morgan fingerprint density at radius 2 is 1.29 bits per heavy atom. The van der Waals surface area contributed by atoms with Crippen LogP contribution in [0.2, 0.25) is 0 Å². The quantitative estimate of drug-likeness (QED) is 0.0983. The molecule has 2 saturated heterocycles. The molecule has 6 N–H and O–H groups in total. The van der Waals surface area contributed by atoms with Gasteiger partial charge in [0.05, 0.1) is 44.7 Å². The highest BCUT2D eigenvalue weighted by Crippen LogP contribution is 2.64. The fourth-order valence-electron chi connectivity index (χ4n) is 6.72. The molecule has 0 radical (unpaired) electrons. The number of halogens is 17. The summed E-state index contributed by atoms with van der Waals surface area (Å²) in [6.45, 7) is -1.29. The van der Waals surface area contributed by atoms with Crippen molar-refractivity contribution in [1.82, 2.24) is 44.4 Å². The van der Waals surface area contributed by atoms with E-state index in [1.807, 2.05) is 0 Å². The number of ether oxygens (including phenoxy) is 2. The summed E-state index contributed by atoms with van der Waals surface area (Å²) in [4.78, 5) is 38.7. The molecule has 2 aliphatic rings. The summed E-state index contributed by atoms with van der Waals surface area (Å²) in [5.74, 6) is -59.5. The van der Waals surface area contributed by atoms with Crippen molar-refractivity contribution in [1.29, 1.82) is 0 Å². The van der Waals surface area contributed by atoms with E-state index >= 15 is 0 Å². The summed E-state index contributed by atoms with van der Waals surface area (Å²) in [6, 6.07) is 0. The molecular weight excluding hydrogens is 1010 g/mol. The highest BCUT2D eigenvalue weighted by Gasteiger charge is 2.95. The monoisotopic (exact) mass is 1040 g/mol. The maximum atomic E-state index is 14.3. The summed E-state index contributed by atoms with van der Waals surface area (Å²) < 4.78 is 245. The Labute approximate surface area is 370 Å². The topological polar surface area (TPSA) is 254 Å². The van der Waals surface area contributed by atoms with Gasteiger partial charge in [-0.1, -0.05) is 10.4 Å². The third kappa shape index (κ3) is 9.50. The van der Waals surface area contributed by atoms with Crippen molar-refractivity contribution in [3.8, 4) is 0 Å². The minimum Gasteiger partial charge on any atom is -0.394 e. The van der Waals surface area contributed by atoms with E-state index in [0.717, 1.165) is 32.5 Å². The molecule has 19 nitrogen and oxygen atoms in total. The number of aliphatic hydroxyl groups excluding tert-OH is 5. The van der Waals surface area contributed by atoms with E-state index in [-0.39, 0.29) is 23.4 Å². The van der Waals surface area contributed by atoms with Gasteiger partial charge in [-0.25, -0.2) is 14.2 Å². The first-order valence-corrected chi connectivity index (χ1v) is 19.1. The van der Waals surface area contributed by atoms with Crippen LogP contribution in [-0.4, -0.2) is 161 Å². The third-order valence-corrected chi connectivity index (χ3v) is 10.8. The van der Waals surface area contributed by atoms with Gasteiger partial charge in [0.2, 0.25) is 5.91 Å². The third-order valence-electron chi connectivity index (χ3n) is 10.8. The first-order valence-electron chi connectivity index (χ1n) is 19.1. The van der Waals surface area contributed by atoms with Gasteiger partial charge in [-0.05, 0) is 6.92 Å². The number of rotatable bonds is 18. The van der Waals surface area contributed by atoms with Crippen LogP contribution in [0.4, 0.5) is 74.6 Å². The smallest absolute Gasteiger partial charge is 0.394 e. The van der Waals surface area contributed by atoms with Gasteiger partial charge in [-0.2, -0.15) is 74.6 Å². The predicted molar refractivity (Wildman–Crippen MR) is 184 cm³/mol. The zero-order valence-electron chi connectivity index (χ0n) is 34.1. The van der Waals surface area contributed by atoms with E-state index in [2.05, 4.69) is 20.6 Å². The molecule has 0 aliphatic carbocycles. The molecule has 0 saturated carbocycles. The van der Waals surface area contributed by atoms with Crippen molar-refractivity contribution >= 4 is 5.91 Å². The normalized spacial score (nSPS) is 24.8. The highest BCUT2D eigenvalue weighted by atomic mass is 19.4. The molecule has 0 aromatic carbocycles. The second-order valence-corrected chi connectivity index (χ2v) is 15.6. The summed E-state index contributed by atoms with van der Waals surface area (Å²) >= 11 is 0. The van der Waals surface area contributed by atoms with Crippen LogP contribution in [0.25, 0.3) is 0 Å². The zero-order valence-corrected chi connectivity index (χ0v) is 34.1. The lowest BCUT2D eigenvalue weighted by Crippen LogP contribution is -2.74. The molecule has 5 heterocycles. The summed E-state index contributed by atoms with van der Waals surface area (Å²) in [7, 11) is 0. The number of nitrogens with zero attached hydrogens (tertiary/aromatic N) is 8. The number of alkyl halides is 17. The molecule has 36 heteroatoms. The second-order valence-electron chi connectivity index (χ2n) is 15.6. The minimum atomic E-state index is -8.78. The van der Waals surface area contributed by atoms with Crippen LogP contribution in [-0.2, 0) is 33.9 Å². The van der Waals surface area contributed by atoms with Gasteiger partial charge in [-0.15, -0.1) is 10.2 Å². The van der Waals surface area contributed by atoms with Crippen LogP contribution < -0.4 is 16.6 Å². The van der Waals surface area contributed by atoms with E-state index in [9.17, 15) is 115 Å². The van der Waals surface area contributed by atoms with E-state index < -0.39 is 153 Å². The Morgan fingerprint density at radius 1 is 0.725 bits per heavy atom. The lowest BCUT2D eigenvalue weighted by Gasteiger charge is -2.42. The molecule has 2 fully saturated rings. The number of carbonyl (C=O) groups excluding carboxylic acids is 1. The molecule has 0 unspecified atom stereocenters. The Bertz CT molecular complexity index is 2450. The molecule has 5 rings (SSSR count). The summed E-state index contributed by atoms with van der Waals surface area (Å²) in [5, 5.41) is 67.1. The maximum Gasteiger partial charge on any atom is 0.460 e. The van der Waals surface area contributed by atoms with Gasteiger partial charge >= 0.3 is 53.3 Å². The van der Waals surface area contributed by atoms with Crippen LogP contribution in [0.15, 0.2) is 28.2 Å². The molecule has 3 aromatic rings. The van der Waals surface area contributed by atoms with E-state index in [4.69, 9.17) is 9.47 Å². The summed E-state index contributed by atoms with van der Waals surface area (Å²) in [6.07, 6.45) is -22.0. The number of aryl methyl sites for hydroxylation is 1. The van der Waals surface area contributed by atoms with E-state index in [1.54, 1.807) is 5.32 Å². The SMILES string of the molecule is Cc1cn([C@H]2C[C@H](O)[C@@H](Cn3cc(CNC(=O)CCC(F)(F)C(F)(F)C(F)(F)C(F)(F)C(F)(F)C(F)(F)C(F)(F)C(F)(F)F)nn3)O2)c(=O)n(Cc2cn([C@@H]3O[C@H](CO)[C@@H](O)[C@H](O)[C@H]3O)nn2)c1=O. The van der Waals surface area contributed by atoms with Crippen molar-refractivity contribution in [2.45, 2.75) is 143 Å². The second kappa shape index (κ2) is 18.6.